The maximum absolute atomic E-state index is 13.1. The molecule has 2 heterocycles. The number of aryl methyl sites for hydroxylation is 1. The minimum Gasteiger partial charge on any atom is -0.372 e. The highest BCUT2D eigenvalue weighted by Gasteiger charge is 2.34. The standard InChI is InChI=1S/C24H25N3O2S/c1-17-6-10-20(11-7-17)27-23(29)21(22(28)25-24(27)30)16-18-8-12-19(13-9-18)26-14-4-2-3-5-15-26/h6-13,16H,2-5,14-15H2,1H3,(H,25,28,30)/b21-16-. The number of amides is 2. The molecule has 4 rings (SSSR count). The largest absolute Gasteiger partial charge is 0.372 e. The van der Waals surface area contributed by atoms with Crippen molar-refractivity contribution in [1.29, 1.82) is 0 Å². The van der Waals surface area contributed by atoms with Crippen LogP contribution in [0.3, 0.4) is 0 Å². The quantitative estimate of drug-likeness (QED) is 0.460. The molecule has 0 saturated carbocycles. The van der Waals surface area contributed by atoms with Crippen molar-refractivity contribution >= 4 is 46.6 Å². The molecule has 0 unspecified atom stereocenters. The van der Waals surface area contributed by atoms with Crippen molar-refractivity contribution < 1.29 is 9.59 Å². The molecule has 1 N–H and O–H groups in total. The zero-order valence-electron chi connectivity index (χ0n) is 17.1. The maximum Gasteiger partial charge on any atom is 0.270 e. The Balaban J connectivity index is 1.58. The molecule has 0 aromatic heterocycles. The first kappa shape index (κ1) is 20.3. The topological polar surface area (TPSA) is 52.7 Å². The SMILES string of the molecule is Cc1ccc(N2C(=O)/C(=C\c3ccc(N4CCCCCC4)cc3)C(=O)NC2=S)cc1. The molecule has 2 fully saturated rings. The normalized spacial score (nSPS) is 19.1. The zero-order valence-corrected chi connectivity index (χ0v) is 17.9. The lowest BCUT2D eigenvalue weighted by atomic mass is 10.1. The van der Waals surface area contributed by atoms with Gasteiger partial charge in [0.25, 0.3) is 11.8 Å². The Morgan fingerprint density at radius 1 is 0.867 bits per heavy atom. The summed E-state index contributed by atoms with van der Waals surface area (Å²) in [6.45, 7) is 4.12. The number of nitrogens with zero attached hydrogens (tertiary/aromatic N) is 2. The van der Waals surface area contributed by atoms with E-state index in [0.29, 0.717) is 5.69 Å². The summed E-state index contributed by atoms with van der Waals surface area (Å²) in [7, 11) is 0. The minimum absolute atomic E-state index is 0.0756. The van der Waals surface area contributed by atoms with Gasteiger partial charge < -0.3 is 4.90 Å². The lowest BCUT2D eigenvalue weighted by molar-refractivity contribution is -0.122. The van der Waals surface area contributed by atoms with Gasteiger partial charge in [-0.15, -0.1) is 0 Å². The number of nitrogens with one attached hydrogen (secondary N) is 1. The molecule has 0 bridgehead atoms. The third-order valence-electron chi connectivity index (χ3n) is 5.57. The van der Waals surface area contributed by atoms with Crippen LogP contribution in [0.4, 0.5) is 11.4 Å². The van der Waals surface area contributed by atoms with Gasteiger partial charge in [-0.25, -0.2) is 0 Å². The van der Waals surface area contributed by atoms with Crippen molar-refractivity contribution in [3.63, 3.8) is 0 Å². The summed E-state index contributed by atoms with van der Waals surface area (Å²) in [6, 6.07) is 15.5. The van der Waals surface area contributed by atoms with Gasteiger partial charge in [0.05, 0.1) is 5.69 Å². The van der Waals surface area contributed by atoms with Gasteiger partial charge in [0.1, 0.15) is 5.57 Å². The molecular weight excluding hydrogens is 394 g/mol. The monoisotopic (exact) mass is 419 g/mol. The number of thiocarbonyl (C=S) groups is 1. The molecule has 2 aliphatic rings. The molecule has 2 aromatic carbocycles. The average Bonchev–Trinajstić information content (AvgIpc) is 3.02. The highest BCUT2D eigenvalue weighted by molar-refractivity contribution is 7.80. The fourth-order valence-corrected chi connectivity index (χ4v) is 4.14. The van der Waals surface area contributed by atoms with E-state index in [1.54, 1.807) is 6.08 Å². The molecule has 5 nitrogen and oxygen atoms in total. The van der Waals surface area contributed by atoms with E-state index in [1.165, 1.54) is 36.3 Å². The first-order chi connectivity index (χ1) is 14.5. The van der Waals surface area contributed by atoms with E-state index in [1.807, 2.05) is 43.3 Å². The van der Waals surface area contributed by atoms with Crippen LogP contribution in [-0.2, 0) is 9.59 Å². The molecule has 2 aliphatic heterocycles. The summed E-state index contributed by atoms with van der Waals surface area (Å²) in [4.78, 5) is 29.3. The number of hydrogen-bond donors (Lipinski definition) is 1. The molecule has 2 aromatic rings. The van der Waals surface area contributed by atoms with Gasteiger partial charge in [-0.2, -0.15) is 0 Å². The van der Waals surface area contributed by atoms with Crippen molar-refractivity contribution in [3.05, 3.63) is 65.2 Å². The Bertz CT molecular complexity index is 988. The Kier molecular flexibility index (Phi) is 5.95. The van der Waals surface area contributed by atoms with Crippen LogP contribution in [0.15, 0.2) is 54.1 Å². The number of rotatable bonds is 3. The molecule has 2 saturated heterocycles. The summed E-state index contributed by atoms with van der Waals surface area (Å²) in [6.07, 6.45) is 6.64. The van der Waals surface area contributed by atoms with E-state index < -0.39 is 11.8 Å². The van der Waals surface area contributed by atoms with Gasteiger partial charge >= 0.3 is 0 Å². The van der Waals surface area contributed by atoms with E-state index in [-0.39, 0.29) is 10.7 Å². The minimum atomic E-state index is -0.468. The third kappa shape index (κ3) is 4.28. The molecule has 154 valence electrons. The van der Waals surface area contributed by atoms with Crippen molar-refractivity contribution in [3.8, 4) is 0 Å². The van der Waals surface area contributed by atoms with Gasteiger partial charge in [0.2, 0.25) is 0 Å². The Morgan fingerprint density at radius 2 is 1.47 bits per heavy atom. The molecule has 2 amide bonds. The van der Waals surface area contributed by atoms with Crippen LogP contribution in [0.2, 0.25) is 0 Å². The first-order valence-corrected chi connectivity index (χ1v) is 10.8. The second-order valence-electron chi connectivity index (χ2n) is 7.79. The van der Waals surface area contributed by atoms with Crippen molar-refractivity contribution in [2.75, 3.05) is 22.9 Å². The molecule has 0 radical (unpaired) electrons. The van der Waals surface area contributed by atoms with Gasteiger partial charge in [-0.05, 0) is 67.9 Å². The zero-order chi connectivity index (χ0) is 21.1. The van der Waals surface area contributed by atoms with Crippen LogP contribution in [0.25, 0.3) is 6.08 Å². The van der Waals surface area contributed by atoms with Gasteiger partial charge in [-0.3, -0.25) is 19.8 Å². The van der Waals surface area contributed by atoms with Gasteiger partial charge in [-0.1, -0.05) is 42.7 Å². The summed E-state index contributed by atoms with van der Waals surface area (Å²) in [5, 5.41) is 2.73. The average molecular weight is 420 g/mol. The number of carbonyl (C=O) groups excluding carboxylic acids is 2. The van der Waals surface area contributed by atoms with Crippen LogP contribution in [0.5, 0.6) is 0 Å². The van der Waals surface area contributed by atoms with Crippen LogP contribution in [-0.4, -0.2) is 30.0 Å². The summed E-state index contributed by atoms with van der Waals surface area (Å²) in [5.41, 5.74) is 3.79. The molecule has 0 spiro atoms. The molecule has 0 aliphatic carbocycles. The van der Waals surface area contributed by atoms with Crippen LogP contribution in [0, 0.1) is 6.92 Å². The van der Waals surface area contributed by atoms with E-state index >= 15 is 0 Å². The molecular formula is C24H25N3O2S. The second kappa shape index (κ2) is 8.79. The smallest absolute Gasteiger partial charge is 0.270 e. The number of benzene rings is 2. The molecule has 0 atom stereocenters. The third-order valence-corrected chi connectivity index (χ3v) is 5.85. The predicted molar refractivity (Wildman–Crippen MR) is 125 cm³/mol. The highest BCUT2D eigenvalue weighted by atomic mass is 32.1. The lowest BCUT2D eigenvalue weighted by Gasteiger charge is -2.29. The van der Waals surface area contributed by atoms with Crippen LogP contribution < -0.4 is 15.1 Å². The Morgan fingerprint density at radius 3 is 2.10 bits per heavy atom. The lowest BCUT2D eigenvalue weighted by Crippen LogP contribution is -2.54. The first-order valence-electron chi connectivity index (χ1n) is 10.4. The van der Waals surface area contributed by atoms with Gasteiger partial charge in [0.15, 0.2) is 5.11 Å². The maximum atomic E-state index is 13.1. The number of anilines is 2. The van der Waals surface area contributed by atoms with Crippen LogP contribution in [0.1, 0.15) is 36.8 Å². The Hall–Kier alpha value is -2.99. The fourth-order valence-electron chi connectivity index (χ4n) is 3.86. The van der Waals surface area contributed by atoms with Crippen molar-refractivity contribution in [2.24, 2.45) is 0 Å². The molecule has 6 heteroatoms. The Labute approximate surface area is 182 Å². The molecule has 30 heavy (non-hydrogen) atoms. The number of carbonyl (C=O) groups is 2. The second-order valence-corrected chi connectivity index (χ2v) is 8.17. The van der Waals surface area contributed by atoms with Crippen molar-refractivity contribution in [1.82, 2.24) is 5.32 Å². The summed E-state index contributed by atoms with van der Waals surface area (Å²) < 4.78 is 0. The summed E-state index contributed by atoms with van der Waals surface area (Å²) in [5.74, 6) is -0.880. The fraction of sp³-hybridized carbons (Fsp3) is 0.292. The van der Waals surface area contributed by atoms with E-state index in [4.69, 9.17) is 12.2 Å². The summed E-state index contributed by atoms with van der Waals surface area (Å²) >= 11 is 5.25. The predicted octanol–water partition coefficient (Wildman–Crippen LogP) is 4.21. The van der Waals surface area contributed by atoms with Gasteiger partial charge in [0, 0.05) is 18.8 Å². The highest BCUT2D eigenvalue weighted by Crippen LogP contribution is 2.24. The van der Waals surface area contributed by atoms with E-state index in [9.17, 15) is 9.59 Å². The van der Waals surface area contributed by atoms with E-state index in [2.05, 4.69) is 22.3 Å². The number of hydrogen-bond acceptors (Lipinski definition) is 4. The van der Waals surface area contributed by atoms with E-state index in [0.717, 1.165) is 24.2 Å². The van der Waals surface area contributed by atoms with Crippen molar-refractivity contribution in [2.45, 2.75) is 32.6 Å². The van der Waals surface area contributed by atoms with Crippen LogP contribution >= 0.6 is 12.2 Å².